The summed E-state index contributed by atoms with van der Waals surface area (Å²) < 4.78 is 2.85. The molecule has 3 aliphatic rings. The topological polar surface area (TPSA) is 55.2 Å². The van der Waals surface area contributed by atoms with Crippen LogP contribution in [0.3, 0.4) is 0 Å². The number of allylic oxidation sites excluding steroid dienone is 6. The van der Waals surface area contributed by atoms with Crippen LogP contribution in [-0.2, 0) is 5.75 Å². The van der Waals surface area contributed by atoms with Crippen molar-refractivity contribution in [2.75, 3.05) is 9.74 Å². The number of benzene rings is 1. The zero-order valence-electron chi connectivity index (χ0n) is 15.7. The van der Waals surface area contributed by atoms with Crippen LogP contribution in [0, 0.1) is 10.1 Å². The van der Waals surface area contributed by atoms with Gasteiger partial charge in [0.2, 0.25) is 0 Å². The molecule has 4 nitrogen and oxygen atoms in total. The number of para-hydroxylation sites is 1. The van der Waals surface area contributed by atoms with Gasteiger partial charge in [-0.15, -0.1) is 0 Å². The van der Waals surface area contributed by atoms with Crippen LogP contribution >= 0.6 is 11.8 Å². The van der Waals surface area contributed by atoms with E-state index in [1.807, 2.05) is 24.8 Å². The molecule has 1 aromatic carbocycles. The number of nitrogens with zero attached hydrogens (tertiary/aromatic N) is 1. The van der Waals surface area contributed by atoms with Crippen LogP contribution in [0.1, 0.15) is 18.9 Å². The first-order valence-corrected chi connectivity index (χ1v) is 13.0. The van der Waals surface area contributed by atoms with Gasteiger partial charge in [-0.1, -0.05) is 0 Å². The Morgan fingerprint density at radius 2 is 2.14 bits per heavy atom. The van der Waals surface area contributed by atoms with Crippen LogP contribution in [-0.4, -0.2) is 20.6 Å². The number of hydrogen-bond donors (Lipinski definition) is 1. The Morgan fingerprint density at radius 3 is 2.96 bits per heavy atom. The van der Waals surface area contributed by atoms with Gasteiger partial charge in [0.05, 0.1) is 0 Å². The molecule has 1 N–H and O–H groups in total. The van der Waals surface area contributed by atoms with Crippen molar-refractivity contribution < 1.29 is 26.1 Å². The second-order valence-electron chi connectivity index (χ2n) is 7.12. The van der Waals surface area contributed by atoms with Gasteiger partial charge in [-0.25, -0.2) is 0 Å². The van der Waals surface area contributed by atoms with Crippen LogP contribution in [0.15, 0.2) is 81.1 Å². The van der Waals surface area contributed by atoms with Gasteiger partial charge in [0, 0.05) is 0 Å². The number of thioether (sulfide) groups is 1. The first-order chi connectivity index (χ1) is 13.5. The average Bonchev–Trinajstić information content (AvgIpc) is 3.00. The zero-order chi connectivity index (χ0) is 19.7. The van der Waals surface area contributed by atoms with Gasteiger partial charge < -0.3 is 0 Å². The van der Waals surface area contributed by atoms with E-state index in [-0.39, 0.29) is 26.1 Å². The molecule has 6 heteroatoms. The summed E-state index contributed by atoms with van der Waals surface area (Å²) in [6.07, 6.45) is 7.41. The second-order valence-corrected chi connectivity index (χ2v) is 10.7. The van der Waals surface area contributed by atoms with E-state index in [4.69, 9.17) is 0 Å². The van der Waals surface area contributed by atoms with Crippen molar-refractivity contribution in [2.24, 2.45) is 0 Å². The number of nitrogens with one attached hydrogen (secondary N) is 1. The molecule has 2 atom stereocenters. The molecule has 4 rings (SSSR count). The van der Waals surface area contributed by atoms with E-state index in [9.17, 15) is 10.1 Å². The molecule has 0 saturated heterocycles. The molecule has 0 spiro atoms. The third-order valence-electron chi connectivity index (χ3n) is 5.24. The van der Waals surface area contributed by atoms with Gasteiger partial charge in [0.15, 0.2) is 0 Å². The third-order valence-corrected chi connectivity index (χ3v) is 9.02. The first-order valence-electron chi connectivity index (χ1n) is 9.20. The van der Waals surface area contributed by atoms with Gasteiger partial charge in [0.1, 0.15) is 0 Å². The molecule has 0 amide bonds. The summed E-state index contributed by atoms with van der Waals surface area (Å²) in [4.78, 5) is 11.1. The number of rotatable bonds is 3. The van der Waals surface area contributed by atoms with Gasteiger partial charge in [0.25, 0.3) is 0 Å². The maximum absolute atomic E-state index is 11.3. The van der Waals surface area contributed by atoms with Gasteiger partial charge in [-0.05, 0) is 0 Å². The predicted molar refractivity (Wildman–Crippen MR) is 113 cm³/mol. The number of nitro groups is 1. The summed E-state index contributed by atoms with van der Waals surface area (Å²) in [5, 5.41) is 15.4. The molecular weight excluding hydrogens is 483 g/mol. The van der Waals surface area contributed by atoms with E-state index in [0.717, 1.165) is 34.5 Å². The number of anilines is 1. The SMILES string of the molecule is C=C(C1=CCC2SCc3ccccc3NC2=C1)C1=C[I-]CC([N+](=O)[O-])C(C)=C1. The molecule has 146 valence electrons. The van der Waals surface area contributed by atoms with Crippen molar-refractivity contribution in [1.82, 2.24) is 0 Å². The summed E-state index contributed by atoms with van der Waals surface area (Å²) in [5.74, 6) is 1.01. The Balaban J connectivity index is 1.59. The van der Waals surface area contributed by atoms with Crippen molar-refractivity contribution in [3.05, 3.63) is 96.8 Å². The zero-order valence-corrected chi connectivity index (χ0v) is 18.6. The minimum atomic E-state index is -0.547. The molecule has 1 aromatic rings. The molecule has 0 saturated carbocycles. The number of fused-ring (bicyclic) bond motifs is 2. The summed E-state index contributed by atoms with van der Waals surface area (Å²) in [7, 11) is 0. The van der Waals surface area contributed by atoms with Gasteiger partial charge in [-0.2, -0.15) is 0 Å². The number of halogens is 1. The van der Waals surface area contributed by atoms with E-state index in [0.29, 0.717) is 9.68 Å². The quantitative estimate of drug-likeness (QED) is 0.296. The monoisotopic (exact) mass is 505 g/mol. The summed E-state index contributed by atoms with van der Waals surface area (Å²) in [5.41, 5.74) is 7.72. The molecule has 2 aliphatic heterocycles. The van der Waals surface area contributed by atoms with Gasteiger partial charge >= 0.3 is 181 Å². The summed E-state index contributed by atoms with van der Waals surface area (Å²) in [6.45, 7) is 6.21. The predicted octanol–water partition coefficient (Wildman–Crippen LogP) is 2.06. The molecule has 28 heavy (non-hydrogen) atoms. The van der Waals surface area contributed by atoms with Crippen LogP contribution in [0.25, 0.3) is 0 Å². The Kier molecular flexibility index (Phi) is 5.78. The molecule has 2 heterocycles. The molecule has 1 aliphatic carbocycles. The molecule has 0 aromatic heterocycles. The van der Waals surface area contributed by atoms with E-state index in [1.165, 1.54) is 16.9 Å². The Hall–Kier alpha value is -1.80. The van der Waals surface area contributed by atoms with E-state index >= 15 is 0 Å². The fourth-order valence-corrected chi connectivity index (χ4v) is 7.48. The Labute approximate surface area is 180 Å². The Bertz CT molecular complexity index is 961. The maximum atomic E-state index is 11.3. The third kappa shape index (κ3) is 3.98. The molecule has 2 unspecified atom stereocenters. The van der Waals surface area contributed by atoms with Crippen molar-refractivity contribution >= 4 is 17.4 Å². The van der Waals surface area contributed by atoms with Crippen LogP contribution in [0.5, 0.6) is 0 Å². The minimum absolute atomic E-state index is 0.151. The standard InChI is InChI=1S/C22H22IN2O2S/c1-14-9-18(11-23-12-21(14)25(26)27)15(2)16-7-8-22-20(10-16)24-19-6-4-3-5-17(19)13-28-22/h3-7,9-11,21-22,24H,2,8,12-13H2,1H3/q-1. The van der Waals surface area contributed by atoms with E-state index in [2.05, 4.69) is 52.4 Å². The van der Waals surface area contributed by atoms with Crippen LogP contribution in [0.4, 0.5) is 5.69 Å². The first kappa shape index (κ1) is 19.5. The summed E-state index contributed by atoms with van der Waals surface area (Å²) >= 11 is 1.62. The van der Waals surface area contributed by atoms with Crippen molar-refractivity contribution in [3.63, 3.8) is 0 Å². The van der Waals surface area contributed by atoms with E-state index in [1.54, 1.807) is 0 Å². The van der Waals surface area contributed by atoms with Crippen molar-refractivity contribution in [1.29, 1.82) is 0 Å². The normalized spacial score (nSPS) is 24.3. The second kappa shape index (κ2) is 8.29. The van der Waals surface area contributed by atoms with Crippen molar-refractivity contribution in [2.45, 2.75) is 30.4 Å². The Morgan fingerprint density at radius 1 is 1.32 bits per heavy atom. The van der Waals surface area contributed by atoms with Crippen molar-refractivity contribution in [3.8, 4) is 0 Å². The molecule has 0 bridgehead atoms. The average molecular weight is 505 g/mol. The fourth-order valence-electron chi connectivity index (χ4n) is 3.53. The van der Waals surface area contributed by atoms with E-state index < -0.39 is 6.04 Å². The summed E-state index contributed by atoms with van der Waals surface area (Å²) in [6, 6.07) is 7.92. The molecule has 0 radical (unpaired) electrons. The van der Waals surface area contributed by atoms with Gasteiger partial charge in [-0.3, -0.25) is 0 Å². The number of hydrogen-bond acceptors (Lipinski definition) is 4. The molecule has 0 fully saturated rings. The van der Waals surface area contributed by atoms with Crippen LogP contribution in [0.2, 0.25) is 0 Å². The number of alkyl halides is 1. The fraction of sp³-hybridized carbons (Fsp3) is 0.273. The molecular formula is C22H22IN2O2S-. The van der Waals surface area contributed by atoms with Crippen LogP contribution < -0.4 is 26.5 Å².